The first-order chi connectivity index (χ1) is 15.0. The zero-order chi connectivity index (χ0) is 22.0. The fourth-order valence-corrected chi connectivity index (χ4v) is 3.88. The Morgan fingerprint density at radius 2 is 1.65 bits per heavy atom. The Kier molecular flexibility index (Phi) is 5.87. The highest BCUT2D eigenvalue weighted by molar-refractivity contribution is 6.31. The molecule has 0 unspecified atom stereocenters. The number of carbonyl (C=O) groups excluding carboxylic acids is 3. The van der Waals surface area contributed by atoms with Gasteiger partial charge in [-0.05, 0) is 43.2 Å². The molecule has 156 valence electrons. The van der Waals surface area contributed by atoms with Crippen LogP contribution in [-0.2, 0) is 4.79 Å². The summed E-state index contributed by atoms with van der Waals surface area (Å²) in [5.41, 5.74) is 2.57. The van der Waals surface area contributed by atoms with Crippen molar-refractivity contribution in [3.8, 4) is 5.75 Å². The van der Waals surface area contributed by atoms with Crippen molar-refractivity contribution in [3.63, 3.8) is 0 Å². The number of ketones is 2. The van der Waals surface area contributed by atoms with Gasteiger partial charge in [0, 0.05) is 28.1 Å². The lowest BCUT2D eigenvalue weighted by molar-refractivity contribution is -0.116. The fraction of sp³-hybridized carbons (Fsp3) is 0.160. The molecule has 3 aromatic rings. The van der Waals surface area contributed by atoms with Crippen molar-refractivity contribution < 1.29 is 19.1 Å². The van der Waals surface area contributed by atoms with E-state index >= 15 is 0 Å². The van der Waals surface area contributed by atoms with Gasteiger partial charge < -0.3 is 10.1 Å². The van der Waals surface area contributed by atoms with Gasteiger partial charge in [0.15, 0.2) is 11.6 Å². The summed E-state index contributed by atoms with van der Waals surface area (Å²) in [6, 6.07) is 17.0. The number of amides is 1. The lowest BCUT2D eigenvalue weighted by Gasteiger charge is -2.20. The van der Waals surface area contributed by atoms with Crippen LogP contribution in [0.1, 0.15) is 50.2 Å². The minimum Gasteiger partial charge on any atom is -0.493 e. The van der Waals surface area contributed by atoms with Crippen LogP contribution >= 0.6 is 11.6 Å². The lowest BCUT2D eigenvalue weighted by atomic mass is 9.83. The normalized spacial score (nSPS) is 12.2. The van der Waals surface area contributed by atoms with Crippen LogP contribution in [0.15, 0.2) is 60.7 Å². The summed E-state index contributed by atoms with van der Waals surface area (Å²) in [7, 11) is 0. The van der Waals surface area contributed by atoms with E-state index in [2.05, 4.69) is 5.32 Å². The molecule has 0 aliphatic heterocycles. The maximum absolute atomic E-state index is 13.0. The number of anilines is 1. The first kappa shape index (κ1) is 20.8. The zero-order valence-corrected chi connectivity index (χ0v) is 17.7. The standard InChI is InChI=1S/C25H20ClNO4/c1-15-14-16(26)11-12-21(15)31-13-5-10-22(28)27-20-9-4-8-19-23(20)25(30)18-7-3-2-6-17(18)24(19)29/h2-4,6-9,11-12,14H,5,10,13H2,1H3,(H,27,28). The van der Waals surface area contributed by atoms with Gasteiger partial charge >= 0.3 is 0 Å². The first-order valence-electron chi connectivity index (χ1n) is 9.96. The van der Waals surface area contributed by atoms with Crippen LogP contribution in [0.25, 0.3) is 0 Å². The molecule has 1 N–H and O–H groups in total. The molecule has 0 aromatic heterocycles. The summed E-state index contributed by atoms with van der Waals surface area (Å²) < 4.78 is 5.72. The number of hydrogen-bond donors (Lipinski definition) is 1. The van der Waals surface area contributed by atoms with Gasteiger partial charge in [0.2, 0.25) is 5.91 Å². The number of ether oxygens (including phenoxy) is 1. The molecule has 1 amide bonds. The van der Waals surface area contributed by atoms with E-state index in [-0.39, 0.29) is 29.5 Å². The summed E-state index contributed by atoms with van der Waals surface area (Å²) >= 11 is 5.94. The third kappa shape index (κ3) is 4.23. The van der Waals surface area contributed by atoms with Gasteiger partial charge in [-0.3, -0.25) is 14.4 Å². The monoisotopic (exact) mass is 433 g/mol. The molecule has 1 aliphatic carbocycles. The molecule has 4 rings (SSSR count). The van der Waals surface area contributed by atoms with E-state index < -0.39 is 0 Å². The van der Waals surface area contributed by atoms with E-state index in [1.165, 1.54) is 0 Å². The van der Waals surface area contributed by atoms with Crippen LogP contribution in [0, 0.1) is 6.92 Å². The van der Waals surface area contributed by atoms with E-state index in [0.717, 1.165) is 11.3 Å². The highest BCUT2D eigenvalue weighted by Gasteiger charge is 2.31. The highest BCUT2D eigenvalue weighted by atomic mass is 35.5. The number of halogens is 1. The molecular weight excluding hydrogens is 414 g/mol. The minimum absolute atomic E-state index is 0.215. The van der Waals surface area contributed by atoms with Gasteiger partial charge in [-0.2, -0.15) is 0 Å². The maximum Gasteiger partial charge on any atom is 0.224 e. The third-order valence-electron chi connectivity index (χ3n) is 5.17. The molecule has 0 radical (unpaired) electrons. The van der Waals surface area contributed by atoms with E-state index in [0.29, 0.717) is 40.4 Å². The Bertz CT molecular complexity index is 1200. The number of aryl methyl sites for hydroxylation is 1. The second-order valence-electron chi connectivity index (χ2n) is 7.34. The summed E-state index contributed by atoms with van der Waals surface area (Å²) in [5, 5.41) is 3.43. The molecule has 6 heteroatoms. The topological polar surface area (TPSA) is 72.5 Å². The summed E-state index contributed by atoms with van der Waals surface area (Å²) in [4.78, 5) is 38.3. The first-order valence-corrected chi connectivity index (χ1v) is 10.3. The number of carbonyl (C=O) groups is 3. The average Bonchev–Trinajstić information content (AvgIpc) is 2.76. The van der Waals surface area contributed by atoms with Crippen molar-refractivity contribution in [2.24, 2.45) is 0 Å². The van der Waals surface area contributed by atoms with Gasteiger partial charge in [-0.1, -0.05) is 48.0 Å². The van der Waals surface area contributed by atoms with Crippen molar-refractivity contribution in [1.29, 1.82) is 0 Å². The molecule has 3 aromatic carbocycles. The van der Waals surface area contributed by atoms with Gasteiger partial charge in [0.05, 0.1) is 17.9 Å². The van der Waals surface area contributed by atoms with Crippen LogP contribution in [0.4, 0.5) is 5.69 Å². The smallest absolute Gasteiger partial charge is 0.224 e. The van der Waals surface area contributed by atoms with Crippen molar-refractivity contribution >= 4 is 34.8 Å². The summed E-state index contributed by atoms with van der Waals surface area (Å²) in [5.74, 6) is 0.00401. The average molecular weight is 434 g/mol. The SMILES string of the molecule is Cc1cc(Cl)ccc1OCCCC(=O)Nc1cccc2c1C(=O)c1ccccc1C2=O. The molecule has 5 nitrogen and oxygen atoms in total. The van der Waals surface area contributed by atoms with E-state index in [1.54, 1.807) is 54.6 Å². The molecule has 0 atom stereocenters. The molecular formula is C25H20ClNO4. The number of fused-ring (bicyclic) bond motifs is 2. The molecule has 0 fully saturated rings. The lowest BCUT2D eigenvalue weighted by Crippen LogP contribution is -2.24. The van der Waals surface area contributed by atoms with Crippen LogP contribution in [0.5, 0.6) is 5.75 Å². The van der Waals surface area contributed by atoms with Crippen molar-refractivity contribution in [1.82, 2.24) is 0 Å². The Morgan fingerprint density at radius 1 is 0.935 bits per heavy atom. The Balaban J connectivity index is 1.41. The molecule has 0 saturated heterocycles. The third-order valence-corrected chi connectivity index (χ3v) is 5.40. The van der Waals surface area contributed by atoms with E-state index in [9.17, 15) is 14.4 Å². The van der Waals surface area contributed by atoms with Gasteiger partial charge in [0.1, 0.15) is 5.75 Å². The predicted octanol–water partition coefficient (Wildman–Crippen LogP) is 5.22. The van der Waals surface area contributed by atoms with Crippen molar-refractivity contribution in [2.45, 2.75) is 19.8 Å². The molecule has 0 spiro atoms. The minimum atomic E-state index is -0.261. The summed E-state index contributed by atoms with van der Waals surface area (Å²) in [6.07, 6.45) is 0.716. The molecule has 1 aliphatic rings. The van der Waals surface area contributed by atoms with E-state index in [4.69, 9.17) is 16.3 Å². The fourth-order valence-electron chi connectivity index (χ4n) is 3.65. The van der Waals surface area contributed by atoms with E-state index in [1.807, 2.05) is 13.0 Å². The van der Waals surface area contributed by atoms with Gasteiger partial charge in [0.25, 0.3) is 0 Å². The summed E-state index contributed by atoms with van der Waals surface area (Å²) in [6.45, 7) is 2.27. The van der Waals surface area contributed by atoms with Crippen LogP contribution in [-0.4, -0.2) is 24.1 Å². The zero-order valence-electron chi connectivity index (χ0n) is 16.9. The molecule has 31 heavy (non-hydrogen) atoms. The number of hydrogen-bond acceptors (Lipinski definition) is 4. The van der Waals surface area contributed by atoms with Crippen molar-refractivity contribution in [3.05, 3.63) is 93.5 Å². The highest BCUT2D eigenvalue weighted by Crippen LogP contribution is 2.32. The Morgan fingerprint density at radius 3 is 2.39 bits per heavy atom. The van der Waals surface area contributed by atoms with Crippen LogP contribution < -0.4 is 10.1 Å². The second-order valence-corrected chi connectivity index (χ2v) is 7.78. The Labute approximate surface area is 185 Å². The van der Waals surface area contributed by atoms with Crippen molar-refractivity contribution in [2.75, 3.05) is 11.9 Å². The predicted molar refractivity (Wildman–Crippen MR) is 119 cm³/mol. The quantitative estimate of drug-likeness (QED) is 0.423. The maximum atomic E-state index is 13.0. The second kappa shape index (κ2) is 8.74. The number of rotatable bonds is 6. The molecule has 0 bridgehead atoms. The van der Waals surface area contributed by atoms with Crippen LogP contribution in [0.3, 0.4) is 0 Å². The number of nitrogens with one attached hydrogen (secondary N) is 1. The Hall–Kier alpha value is -3.44. The molecule has 0 heterocycles. The largest absolute Gasteiger partial charge is 0.493 e. The number of benzene rings is 3. The van der Waals surface area contributed by atoms with Gasteiger partial charge in [-0.25, -0.2) is 0 Å². The molecule has 0 saturated carbocycles. The van der Waals surface area contributed by atoms with Gasteiger partial charge in [-0.15, -0.1) is 0 Å². The van der Waals surface area contributed by atoms with Crippen LogP contribution in [0.2, 0.25) is 5.02 Å².